The van der Waals surface area contributed by atoms with Crippen molar-refractivity contribution in [2.75, 3.05) is 5.75 Å². The van der Waals surface area contributed by atoms with E-state index in [0.29, 0.717) is 21.5 Å². The number of fused-ring (bicyclic) bond motifs is 1. The Morgan fingerprint density at radius 2 is 1.96 bits per heavy atom. The second-order valence-electron chi connectivity index (χ2n) is 5.49. The standard InChI is InChI=1S/C17H14ClIN2O3S/c1-2-25(23,24)16-6-3-12(18)7-11(16)9-21-10-20-15-5-4-13(19)8-14(15)17(21)22/h3-8,10H,2,9H2,1H3. The van der Waals surface area contributed by atoms with E-state index in [2.05, 4.69) is 27.6 Å². The molecule has 1 aromatic heterocycles. The summed E-state index contributed by atoms with van der Waals surface area (Å²) in [6, 6.07) is 10.0. The number of benzene rings is 2. The summed E-state index contributed by atoms with van der Waals surface area (Å²) in [6.07, 6.45) is 1.43. The summed E-state index contributed by atoms with van der Waals surface area (Å²) in [5.74, 6) is -0.0231. The Hall–Kier alpha value is -1.45. The highest BCUT2D eigenvalue weighted by molar-refractivity contribution is 14.1. The summed E-state index contributed by atoms with van der Waals surface area (Å²) in [5.41, 5.74) is 0.862. The van der Waals surface area contributed by atoms with Gasteiger partial charge in [0.15, 0.2) is 9.84 Å². The third-order valence-electron chi connectivity index (χ3n) is 3.86. The van der Waals surface area contributed by atoms with Crippen LogP contribution in [0.15, 0.2) is 52.4 Å². The molecule has 0 atom stereocenters. The molecule has 0 radical (unpaired) electrons. The van der Waals surface area contributed by atoms with Crippen molar-refractivity contribution in [3.05, 3.63) is 67.2 Å². The van der Waals surface area contributed by atoms with Gasteiger partial charge in [0.1, 0.15) is 0 Å². The van der Waals surface area contributed by atoms with Gasteiger partial charge < -0.3 is 0 Å². The Balaban J connectivity index is 2.15. The Labute approximate surface area is 163 Å². The second kappa shape index (κ2) is 7.05. The maximum atomic E-state index is 12.7. The number of halogens is 2. The van der Waals surface area contributed by atoms with Gasteiger partial charge in [-0.15, -0.1) is 0 Å². The lowest BCUT2D eigenvalue weighted by molar-refractivity contribution is 0.595. The van der Waals surface area contributed by atoms with Crippen LogP contribution in [0.25, 0.3) is 10.9 Å². The SMILES string of the molecule is CCS(=O)(=O)c1ccc(Cl)cc1Cn1cnc2ccc(I)cc2c1=O. The van der Waals surface area contributed by atoms with Crippen LogP contribution in [-0.2, 0) is 16.4 Å². The molecule has 0 fully saturated rings. The fourth-order valence-corrected chi connectivity index (χ4v) is 4.35. The molecule has 0 aliphatic carbocycles. The number of hydrogen-bond acceptors (Lipinski definition) is 4. The zero-order chi connectivity index (χ0) is 18.2. The molecule has 0 spiro atoms. The minimum Gasteiger partial charge on any atom is -0.294 e. The predicted octanol–water partition coefficient (Wildman–Crippen LogP) is 3.50. The van der Waals surface area contributed by atoms with E-state index in [9.17, 15) is 13.2 Å². The lowest BCUT2D eigenvalue weighted by Crippen LogP contribution is -2.22. The van der Waals surface area contributed by atoms with Gasteiger partial charge in [0.25, 0.3) is 5.56 Å². The molecular formula is C17H14ClIN2O3S. The number of hydrogen-bond donors (Lipinski definition) is 0. The van der Waals surface area contributed by atoms with Crippen LogP contribution in [-0.4, -0.2) is 23.7 Å². The van der Waals surface area contributed by atoms with Gasteiger partial charge in [0, 0.05) is 8.59 Å². The van der Waals surface area contributed by atoms with Crippen molar-refractivity contribution in [1.29, 1.82) is 0 Å². The van der Waals surface area contributed by atoms with Gasteiger partial charge in [-0.2, -0.15) is 0 Å². The molecule has 1 heterocycles. The van der Waals surface area contributed by atoms with Gasteiger partial charge in [0.2, 0.25) is 0 Å². The summed E-state index contributed by atoms with van der Waals surface area (Å²) in [4.78, 5) is 17.2. The summed E-state index contributed by atoms with van der Waals surface area (Å²) >= 11 is 8.17. The lowest BCUT2D eigenvalue weighted by Gasteiger charge is -2.12. The molecule has 0 amide bonds. The summed E-state index contributed by atoms with van der Waals surface area (Å²) in [7, 11) is -3.42. The summed E-state index contributed by atoms with van der Waals surface area (Å²) in [6.45, 7) is 1.67. The molecule has 0 aliphatic heterocycles. The first kappa shape index (κ1) is 18.3. The highest BCUT2D eigenvalue weighted by atomic mass is 127. The van der Waals surface area contributed by atoms with Crippen molar-refractivity contribution >= 4 is 54.9 Å². The van der Waals surface area contributed by atoms with Gasteiger partial charge in [-0.3, -0.25) is 9.36 Å². The van der Waals surface area contributed by atoms with Gasteiger partial charge in [-0.25, -0.2) is 13.4 Å². The van der Waals surface area contributed by atoms with E-state index in [-0.39, 0.29) is 22.8 Å². The average Bonchev–Trinajstić information content (AvgIpc) is 2.58. The van der Waals surface area contributed by atoms with Crippen molar-refractivity contribution in [1.82, 2.24) is 9.55 Å². The molecule has 0 N–H and O–H groups in total. The predicted molar refractivity (Wildman–Crippen MR) is 107 cm³/mol. The molecular weight excluding hydrogens is 475 g/mol. The van der Waals surface area contributed by atoms with Crippen molar-refractivity contribution in [3.63, 3.8) is 0 Å². The van der Waals surface area contributed by atoms with Crippen molar-refractivity contribution < 1.29 is 8.42 Å². The monoisotopic (exact) mass is 488 g/mol. The van der Waals surface area contributed by atoms with Crippen LogP contribution in [0.1, 0.15) is 12.5 Å². The Bertz CT molecular complexity index is 1130. The first-order valence-corrected chi connectivity index (χ1v) is 10.6. The lowest BCUT2D eigenvalue weighted by atomic mass is 10.2. The number of rotatable bonds is 4. The largest absolute Gasteiger partial charge is 0.294 e. The van der Waals surface area contributed by atoms with Gasteiger partial charge in [0.05, 0.1) is 34.4 Å². The van der Waals surface area contributed by atoms with Crippen LogP contribution in [0, 0.1) is 3.57 Å². The van der Waals surface area contributed by atoms with E-state index in [4.69, 9.17) is 11.6 Å². The first-order valence-electron chi connectivity index (χ1n) is 7.47. The van der Waals surface area contributed by atoms with Crippen LogP contribution < -0.4 is 5.56 Å². The molecule has 130 valence electrons. The van der Waals surface area contributed by atoms with Crippen LogP contribution >= 0.6 is 34.2 Å². The van der Waals surface area contributed by atoms with Crippen LogP contribution in [0.2, 0.25) is 5.02 Å². The maximum absolute atomic E-state index is 12.7. The molecule has 2 aromatic carbocycles. The molecule has 0 unspecified atom stereocenters. The highest BCUT2D eigenvalue weighted by Crippen LogP contribution is 2.22. The van der Waals surface area contributed by atoms with Crippen LogP contribution in [0.5, 0.6) is 0 Å². The molecule has 8 heteroatoms. The smallest absolute Gasteiger partial charge is 0.261 e. The third kappa shape index (κ3) is 3.73. The van der Waals surface area contributed by atoms with E-state index < -0.39 is 9.84 Å². The van der Waals surface area contributed by atoms with E-state index in [1.807, 2.05) is 6.07 Å². The first-order chi connectivity index (χ1) is 11.8. The van der Waals surface area contributed by atoms with Gasteiger partial charge >= 0.3 is 0 Å². The zero-order valence-corrected chi connectivity index (χ0v) is 17.0. The highest BCUT2D eigenvalue weighted by Gasteiger charge is 2.18. The van der Waals surface area contributed by atoms with Crippen molar-refractivity contribution in [2.24, 2.45) is 0 Å². The van der Waals surface area contributed by atoms with E-state index in [1.165, 1.54) is 23.0 Å². The molecule has 0 aliphatic rings. The number of aromatic nitrogens is 2. The quantitative estimate of drug-likeness (QED) is 0.527. The van der Waals surface area contributed by atoms with E-state index >= 15 is 0 Å². The molecule has 3 rings (SSSR count). The summed E-state index contributed by atoms with van der Waals surface area (Å²) in [5, 5.41) is 0.915. The number of sulfone groups is 1. The van der Waals surface area contributed by atoms with E-state index in [0.717, 1.165) is 3.57 Å². The van der Waals surface area contributed by atoms with Crippen LogP contribution in [0.3, 0.4) is 0 Å². The minimum absolute atomic E-state index is 0.0231. The van der Waals surface area contributed by atoms with Gasteiger partial charge in [-0.05, 0) is 64.6 Å². The number of nitrogens with zero attached hydrogens (tertiary/aromatic N) is 2. The molecule has 0 bridgehead atoms. The van der Waals surface area contributed by atoms with E-state index in [1.54, 1.807) is 25.1 Å². The van der Waals surface area contributed by atoms with Crippen LogP contribution in [0.4, 0.5) is 0 Å². The second-order valence-corrected chi connectivity index (χ2v) is 9.42. The minimum atomic E-state index is -3.42. The molecule has 0 saturated heterocycles. The van der Waals surface area contributed by atoms with Crippen molar-refractivity contribution in [3.8, 4) is 0 Å². The average molecular weight is 489 g/mol. The topological polar surface area (TPSA) is 69.0 Å². The van der Waals surface area contributed by atoms with Crippen molar-refractivity contribution in [2.45, 2.75) is 18.4 Å². The molecule has 5 nitrogen and oxygen atoms in total. The van der Waals surface area contributed by atoms with Gasteiger partial charge in [-0.1, -0.05) is 18.5 Å². The Morgan fingerprint density at radius 3 is 2.68 bits per heavy atom. The third-order valence-corrected chi connectivity index (χ3v) is 6.60. The normalized spacial score (nSPS) is 11.8. The maximum Gasteiger partial charge on any atom is 0.261 e. The summed E-state index contributed by atoms with van der Waals surface area (Å²) < 4.78 is 27.0. The Morgan fingerprint density at radius 1 is 1.20 bits per heavy atom. The molecule has 3 aromatic rings. The molecule has 0 saturated carbocycles. The Kier molecular flexibility index (Phi) is 5.17. The fourth-order valence-electron chi connectivity index (χ4n) is 2.56. The molecule has 25 heavy (non-hydrogen) atoms. The zero-order valence-electron chi connectivity index (χ0n) is 13.2. The fraction of sp³-hybridized carbons (Fsp3) is 0.176.